The molecule has 5 heteroatoms. The second-order valence-corrected chi connectivity index (χ2v) is 5.94. The van der Waals surface area contributed by atoms with Crippen molar-refractivity contribution in [3.63, 3.8) is 0 Å². The molecule has 1 saturated carbocycles. The third kappa shape index (κ3) is 3.42. The molecular formula is C17H22N4O. The van der Waals surface area contributed by atoms with Gasteiger partial charge in [-0.05, 0) is 37.8 Å². The lowest BCUT2D eigenvalue weighted by Gasteiger charge is -2.23. The van der Waals surface area contributed by atoms with Crippen LogP contribution in [0.1, 0.15) is 31.4 Å². The van der Waals surface area contributed by atoms with Gasteiger partial charge in [0, 0.05) is 29.7 Å². The Morgan fingerprint density at radius 2 is 2.14 bits per heavy atom. The first-order chi connectivity index (χ1) is 10.8. The molecule has 5 nitrogen and oxygen atoms in total. The van der Waals surface area contributed by atoms with Gasteiger partial charge in [-0.3, -0.25) is 4.98 Å². The van der Waals surface area contributed by atoms with Gasteiger partial charge in [-0.25, -0.2) is 9.97 Å². The number of aliphatic hydroxyl groups is 1. The minimum atomic E-state index is 0.0681. The standard InChI is InChI=1S/C17H22N4O/c1-12-9-16(20-15(11-22)13-5-2-3-6-13)21-17(19-12)14-7-4-8-18-10-14/h4,7-10,13,15,22H,2-3,5-6,11H2,1H3,(H,19,20,21). The molecule has 1 aliphatic carbocycles. The SMILES string of the molecule is Cc1cc(NC(CO)C2CCCC2)nc(-c2cccnc2)n1. The van der Waals surface area contributed by atoms with Gasteiger partial charge in [0.2, 0.25) is 0 Å². The second kappa shape index (κ2) is 6.83. The fraction of sp³-hybridized carbons (Fsp3) is 0.471. The largest absolute Gasteiger partial charge is 0.394 e. The molecule has 3 rings (SSSR count). The quantitative estimate of drug-likeness (QED) is 0.888. The Hall–Kier alpha value is -2.01. The number of hydrogen-bond donors (Lipinski definition) is 2. The molecule has 2 aromatic heterocycles. The molecule has 0 aliphatic heterocycles. The number of nitrogens with one attached hydrogen (secondary N) is 1. The Kier molecular flexibility index (Phi) is 4.63. The van der Waals surface area contributed by atoms with E-state index in [-0.39, 0.29) is 12.6 Å². The van der Waals surface area contributed by atoms with Crippen LogP contribution >= 0.6 is 0 Å². The summed E-state index contributed by atoms with van der Waals surface area (Å²) in [5.74, 6) is 1.97. The van der Waals surface area contributed by atoms with Gasteiger partial charge in [-0.15, -0.1) is 0 Å². The van der Waals surface area contributed by atoms with Gasteiger partial charge in [-0.2, -0.15) is 0 Å². The van der Waals surface area contributed by atoms with Crippen molar-refractivity contribution in [2.24, 2.45) is 5.92 Å². The summed E-state index contributed by atoms with van der Waals surface area (Å²) in [5.41, 5.74) is 1.80. The van der Waals surface area contributed by atoms with Crippen LogP contribution in [0.4, 0.5) is 5.82 Å². The summed E-state index contributed by atoms with van der Waals surface area (Å²) in [6, 6.07) is 5.82. The normalized spacial score (nSPS) is 16.6. The van der Waals surface area contributed by atoms with Crippen molar-refractivity contribution in [2.45, 2.75) is 38.6 Å². The van der Waals surface area contributed by atoms with Crippen LogP contribution in [-0.2, 0) is 0 Å². The minimum Gasteiger partial charge on any atom is -0.394 e. The Morgan fingerprint density at radius 3 is 2.82 bits per heavy atom. The average Bonchev–Trinajstić information content (AvgIpc) is 3.07. The van der Waals surface area contributed by atoms with Crippen LogP contribution in [0.3, 0.4) is 0 Å². The van der Waals surface area contributed by atoms with Crippen molar-refractivity contribution >= 4 is 5.82 Å². The number of nitrogens with zero attached hydrogens (tertiary/aromatic N) is 3. The fourth-order valence-electron chi connectivity index (χ4n) is 3.13. The minimum absolute atomic E-state index is 0.0681. The smallest absolute Gasteiger partial charge is 0.163 e. The third-order valence-electron chi connectivity index (χ3n) is 4.27. The molecule has 116 valence electrons. The zero-order valence-corrected chi connectivity index (χ0v) is 12.9. The van der Waals surface area contributed by atoms with E-state index >= 15 is 0 Å². The summed E-state index contributed by atoms with van der Waals surface area (Å²) in [6.07, 6.45) is 8.37. The number of rotatable bonds is 5. The van der Waals surface area contributed by atoms with Crippen molar-refractivity contribution in [1.82, 2.24) is 15.0 Å². The number of hydrogen-bond acceptors (Lipinski definition) is 5. The Morgan fingerprint density at radius 1 is 1.32 bits per heavy atom. The lowest BCUT2D eigenvalue weighted by atomic mass is 9.99. The van der Waals surface area contributed by atoms with Crippen LogP contribution in [0.2, 0.25) is 0 Å². The van der Waals surface area contributed by atoms with Crippen molar-refractivity contribution in [1.29, 1.82) is 0 Å². The molecule has 2 heterocycles. The van der Waals surface area contributed by atoms with Gasteiger partial charge in [0.25, 0.3) is 0 Å². The highest BCUT2D eigenvalue weighted by Gasteiger charge is 2.24. The lowest BCUT2D eigenvalue weighted by Crippen LogP contribution is -2.31. The van der Waals surface area contributed by atoms with E-state index in [0.29, 0.717) is 11.7 Å². The van der Waals surface area contributed by atoms with E-state index in [1.807, 2.05) is 25.1 Å². The molecule has 0 saturated heterocycles. The van der Waals surface area contributed by atoms with E-state index in [4.69, 9.17) is 0 Å². The van der Waals surface area contributed by atoms with Crippen LogP contribution in [0.5, 0.6) is 0 Å². The number of aromatic nitrogens is 3. The molecule has 1 unspecified atom stereocenters. The predicted octanol–water partition coefficient (Wildman–Crippen LogP) is 2.81. The highest BCUT2D eigenvalue weighted by molar-refractivity contribution is 5.56. The average molecular weight is 298 g/mol. The summed E-state index contributed by atoms with van der Waals surface area (Å²) >= 11 is 0. The Balaban J connectivity index is 1.83. The van der Waals surface area contributed by atoms with E-state index in [1.165, 1.54) is 25.7 Å². The number of anilines is 1. The highest BCUT2D eigenvalue weighted by Crippen LogP contribution is 2.29. The Bertz CT molecular complexity index is 611. The molecule has 0 amide bonds. The summed E-state index contributed by atoms with van der Waals surface area (Å²) in [6.45, 7) is 2.09. The van der Waals surface area contributed by atoms with Crippen molar-refractivity contribution in [3.8, 4) is 11.4 Å². The highest BCUT2D eigenvalue weighted by atomic mass is 16.3. The molecular weight excluding hydrogens is 276 g/mol. The summed E-state index contributed by atoms with van der Waals surface area (Å²) in [4.78, 5) is 13.2. The van der Waals surface area contributed by atoms with Crippen LogP contribution in [0.15, 0.2) is 30.6 Å². The van der Waals surface area contributed by atoms with E-state index < -0.39 is 0 Å². The fourth-order valence-corrected chi connectivity index (χ4v) is 3.13. The molecule has 0 radical (unpaired) electrons. The van der Waals surface area contributed by atoms with Crippen molar-refractivity contribution in [2.75, 3.05) is 11.9 Å². The second-order valence-electron chi connectivity index (χ2n) is 5.94. The van der Waals surface area contributed by atoms with E-state index in [0.717, 1.165) is 17.1 Å². The number of pyridine rings is 1. The maximum absolute atomic E-state index is 9.69. The molecule has 22 heavy (non-hydrogen) atoms. The molecule has 1 aliphatic rings. The van der Waals surface area contributed by atoms with Crippen LogP contribution < -0.4 is 5.32 Å². The predicted molar refractivity (Wildman–Crippen MR) is 86.5 cm³/mol. The number of aliphatic hydroxyl groups excluding tert-OH is 1. The Labute approximate surface area is 130 Å². The summed E-state index contributed by atoms with van der Waals surface area (Å²) in [5, 5.41) is 13.1. The third-order valence-corrected chi connectivity index (χ3v) is 4.27. The topological polar surface area (TPSA) is 70.9 Å². The summed E-state index contributed by atoms with van der Waals surface area (Å²) in [7, 11) is 0. The van der Waals surface area contributed by atoms with E-state index in [2.05, 4.69) is 20.3 Å². The van der Waals surface area contributed by atoms with Gasteiger partial charge >= 0.3 is 0 Å². The van der Waals surface area contributed by atoms with Crippen molar-refractivity contribution in [3.05, 3.63) is 36.3 Å². The maximum Gasteiger partial charge on any atom is 0.163 e. The first kappa shape index (κ1) is 14.9. The maximum atomic E-state index is 9.69. The van der Waals surface area contributed by atoms with Gasteiger partial charge in [0.15, 0.2) is 5.82 Å². The summed E-state index contributed by atoms with van der Waals surface area (Å²) < 4.78 is 0. The molecule has 1 atom stereocenters. The molecule has 2 aromatic rings. The van der Waals surface area contributed by atoms with Gasteiger partial charge < -0.3 is 10.4 Å². The molecule has 0 aromatic carbocycles. The monoisotopic (exact) mass is 298 g/mol. The molecule has 1 fully saturated rings. The van der Waals surface area contributed by atoms with Crippen LogP contribution in [-0.4, -0.2) is 32.7 Å². The molecule has 0 bridgehead atoms. The van der Waals surface area contributed by atoms with Gasteiger partial charge in [-0.1, -0.05) is 12.8 Å². The zero-order valence-electron chi connectivity index (χ0n) is 12.9. The van der Waals surface area contributed by atoms with Gasteiger partial charge in [0.05, 0.1) is 12.6 Å². The van der Waals surface area contributed by atoms with E-state index in [9.17, 15) is 5.11 Å². The lowest BCUT2D eigenvalue weighted by molar-refractivity contribution is 0.238. The van der Waals surface area contributed by atoms with Gasteiger partial charge in [0.1, 0.15) is 5.82 Å². The number of aryl methyl sites for hydroxylation is 1. The van der Waals surface area contributed by atoms with Crippen LogP contribution in [0, 0.1) is 12.8 Å². The molecule has 2 N–H and O–H groups in total. The first-order valence-corrected chi connectivity index (χ1v) is 7.90. The van der Waals surface area contributed by atoms with Crippen molar-refractivity contribution < 1.29 is 5.11 Å². The van der Waals surface area contributed by atoms with Crippen LogP contribution in [0.25, 0.3) is 11.4 Å². The zero-order chi connectivity index (χ0) is 15.4. The van der Waals surface area contributed by atoms with E-state index in [1.54, 1.807) is 12.4 Å². The first-order valence-electron chi connectivity index (χ1n) is 7.90. The molecule has 0 spiro atoms.